The highest BCUT2D eigenvalue weighted by molar-refractivity contribution is 14.0. The number of likely N-dealkylation sites (N-methyl/N-ethyl adjacent to an activating group) is 1. The summed E-state index contributed by atoms with van der Waals surface area (Å²) in [7, 11) is 2.20. The number of rotatable bonds is 7. The van der Waals surface area contributed by atoms with E-state index in [2.05, 4.69) is 53.2 Å². The Kier molecular flexibility index (Phi) is 12.4. The highest BCUT2D eigenvalue weighted by Crippen LogP contribution is 2.04. The van der Waals surface area contributed by atoms with E-state index in [-0.39, 0.29) is 24.0 Å². The fourth-order valence-electron chi connectivity index (χ4n) is 2.36. The predicted octanol–water partition coefficient (Wildman–Crippen LogP) is 1.45. The molecular weight excluding hydrogens is 377 g/mol. The van der Waals surface area contributed by atoms with Crippen molar-refractivity contribution in [2.75, 3.05) is 59.4 Å². The average Bonchev–Trinajstić information content (AvgIpc) is 2.44. The Labute approximate surface area is 148 Å². The molecule has 0 aliphatic carbocycles. The molecule has 0 aromatic rings. The first-order valence-corrected chi connectivity index (χ1v) is 8.08. The number of nitrogens with zero attached hydrogens (tertiary/aromatic N) is 3. The molecule has 5 nitrogen and oxygen atoms in total. The van der Waals surface area contributed by atoms with Gasteiger partial charge in [-0.25, -0.2) is 0 Å². The van der Waals surface area contributed by atoms with Crippen LogP contribution in [0.2, 0.25) is 0 Å². The Bertz CT molecular complexity index is 277. The third-order valence-corrected chi connectivity index (χ3v) is 3.61. The number of piperazine rings is 1. The summed E-state index contributed by atoms with van der Waals surface area (Å²) in [5.41, 5.74) is 0. The van der Waals surface area contributed by atoms with Gasteiger partial charge in [-0.15, -0.1) is 24.0 Å². The van der Waals surface area contributed by atoms with Crippen LogP contribution in [0.1, 0.15) is 27.2 Å². The molecule has 1 rings (SSSR count). The summed E-state index contributed by atoms with van der Waals surface area (Å²) in [6.07, 6.45) is 1.13. The van der Waals surface area contributed by atoms with Crippen LogP contribution in [-0.4, -0.2) is 75.2 Å². The lowest BCUT2D eigenvalue weighted by Crippen LogP contribution is -2.46. The molecule has 0 radical (unpaired) electrons. The van der Waals surface area contributed by atoms with Crippen LogP contribution >= 0.6 is 24.0 Å². The van der Waals surface area contributed by atoms with Crippen LogP contribution in [0.4, 0.5) is 0 Å². The maximum Gasteiger partial charge on any atom is 0.191 e. The van der Waals surface area contributed by atoms with E-state index >= 15 is 0 Å². The van der Waals surface area contributed by atoms with Gasteiger partial charge in [0.15, 0.2) is 5.96 Å². The normalized spacial score (nSPS) is 19.0. The lowest BCUT2D eigenvalue weighted by Gasteiger charge is -2.33. The maximum atomic E-state index is 4.69. The molecule has 0 aromatic heterocycles. The van der Waals surface area contributed by atoms with Crippen molar-refractivity contribution in [2.24, 2.45) is 10.9 Å². The molecule has 2 N–H and O–H groups in total. The zero-order valence-electron chi connectivity index (χ0n) is 14.2. The quantitative estimate of drug-likeness (QED) is 0.378. The van der Waals surface area contributed by atoms with Crippen molar-refractivity contribution >= 4 is 29.9 Å². The number of hydrogen-bond donors (Lipinski definition) is 2. The van der Waals surface area contributed by atoms with Gasteiger partial charge in [0.2, 0.25) is 0 Å². The summed E-state index contributed by atoms with van der Waals surface area (Å²) in [6, 6.07) is 0. The second-order valence-electron chi connectivity index (χ2n) is 5.86. The molecule has 126 valence electrons. The Morgan fingerprint density at radius 3 is 2.38 bits per heavy atom. The van der Waals surface area contributed by atoms with Crippen LogP contribution in [0.3, 0.4) is 0 Å². The van der Waals surface area contributed by atoms with Gasteiger partial charge in [0.1, 0.15) is 0 Å². The molecule has 0 amide bonds. The molecule has 1 saturated heterocycles. The molecule has 1 aliphatic heterocycles. The topological polar surface area (TPSA) is 42.9 Å². The largest absolute Gasteiger partial charge is 0.357 e. The Balaban J connectivity index is 0.00000400. The van der Waals surface area contributed by atoms with Gasteiger partial charge in [-0.3, -0.25) is 4.99 Å². The first kappa shape index (κ1) is 20.9. The van der Waals surface area contributed by atoms with Crippen molar-refractivity contribution in [3.63, 3.8) is 0 Å². The van der Waals surface area contributed by atoms with Gasteiger partial charge in [0, 0.05) is 52.4 Å². The van der Waals surface area contributed by atoms with Crippen LogP contribution in [0.25, 0.3) is 0 Å². The van der Waals surface area contributed by atoms with E-state index in [1.54, 1.807) is 0 Å². The second kappa shape index (κ2) is 12.5. The minimum absolute atomic E-state index is 0. The molecule has 1 aliphatic rings. The highest BCUT2D eigenvalue weighted by atomic mass is 127. The van der Waals surface area contributed by atoms with Crippen LogP contribution in [0, 0.1) is 5.92 Å². The minimum Gasteiger partial charge on any atom is -0.357 e. The lowest BCUT2D eigenvalue weighted by molar-refractivity contribution is 0.140. The molecule has 0 aromatic carbocycles. The van der Waals surface area contributed by atoms with Crippen molar-refractivity contribution in [3.8, 4) is 0 Å². The Morgan fingerprint density at radius 1 is 1.14 bits per heavy atom. The van der Waals surface area contributed by atoms with Crippen LogP contribution < -0.4 is 10.6 Å². The summed E-state index contributed by atoms with van der Waals surface area (Å²) in [6.45, 7) is 15.3. The number of nitrogens with one attached hydrogen (secondary N) is 2. The summed E-state index contributed by atoms with van der Waals surface area (Å²) in [4.78, 5) is 9.65. The van der Waals surface area contributed by atoms with E-state index in [0.29, 0.717) is 5.92 Å². The van der Waals surface area contributed by atoms with E-state index < -0.39 is 0 Å². The molecule has 1 heterocycles. The van der Waals surface area contributed by atoms with Gasteiger partial charge in [-0.05, 0) is 26.3 Å². The van der Waals surface area contributed by atoms with Gasteiger partial charge in [-0.2, -0.15) is 0 Å². The molecule has 21 heavy (non-hydrogen) atoms. The van der Waals surface area contributed by atoms with Gasteiger partial charge in [0.05, 0.1) is 0 Å². The molecule has 0 spiro atoms. The van der Waals surface area contributed by atoms with Crippen molar-refractivity contribution in [3.05, 3.63) is 0 Å². The number of hydrogen-bond acceptors (Lipinski definition) is 3. The molecule has 1 atom stereocenters. The van der Waals surface area contributed by atoms with Crippen molar-refractivity contribution in [1.29, 1.82) is 0 Å². The highest BCUT2D eigenvalue weighted by Gasteiger charge is 2.15. The average molecular weight is 411 g/mol. The number of halogens is 1. The van der Waals surface area contributed by atoms with E-state index in [1.165, 1.54) is 26.2 Å². The van der Waals surface area contributed by atoms with E-state index in [9.17, 15) is 0 Å². The maximum absolute atomic E-state index is 4.69. The molecule has 6 heteroatoms. The minimum atomic E-state index is 0. The first-order valence-electron chi connectivity index (χ1n) is 8.08. The van der Waals surface area contributed by atoms with Gasteiger partial charge < -0.3 is 20.4 Å². The number of guanidine groups is 1. The third-order valence-electron chi connectivity index (χ3n) is 3.61. The Morgan fingerprint density at radius 2 is 1.81 bits per heavy atom. The molecule has 1 fully saturated rings. The van der Waals surface area contributed by atoms with Crippen molar-refractivity contribution in [2.45, 2.75) is 27.2 Å². The van der Waals surface area contributed by atoms with Gasteiger partial charge in [0.25, 0.3) is 0 Å². The zero-order valence-corrected chi connectivity index (χ0v) is 16.5. The van der Waals surface area contributed by atoms with Crippen LogP contribution in [0.15, 0.2) is 4.99 Å². The molecule has 1 unspecified atom stereocenters. The van der Waals surface area contributed by atoms with Crippen LogP contribution in [0.5, 0.6) is 0 Å². The Hall–Kier alpha value is -0.0800. The van der Waals surface area contributed by atoms with E-state index in [1.807, 2.05) is 0 Å². The molecular formula is C15H34IN5. The van der Waals surface area contributed by atoms with Crippen molar-refractivity contribution in [1.82, 2.24) is 20.4 Å². The summed E-state index contributed by atoms with van der Waals surface area (Å²) in [5.74, 6) is 1.56. The molecule has 0 saturated carbocycles. The summed E-state index contributed by atoms with van der Waals surface area (Å²) >= 11 is 0. The fourth-order valence-corrected chi connectivity index (χ4v) is 2.36. The second-order valence-corrected chi connectivity index (χ2v) is 5.86. The fraction of sp³-hybridized carbons (Fsp3) is 0.933. The smallest absolute Gasteiger partial charge is 0.191 e. The number of aliphatic imine (C=N–C) groups is 1. The monoisotopic (exact) mass is 411 g/mol. The van der Waals surface area contributed by atoms with Crippen molar-refractivity contribution < 1.29 is 0 Å². The SMILES string of the molecule is CCCNC(=NCC(C)CN1CCN(C)CC1)NCC.I. The summed E-state index contributed by atoms with van der Waals surface area (Å²) in [5, 5.41) is 6.65. The summed E-state index contributed by atoms with van der Waals surface area (Å²) < 4.78 is 0. The zero-order chi connectivity index (χ0) is 14.8. The van der Waals surface area contributed by atoms with Gasteiger partial charge in [-0.1, -0.05) is 13.8 Å². The standard InChI is InChI=1S/C15H33N5.HI/c1-5-7-17-15(16-6-2)18-12-14(3)13-20-10-8-19(4)9-11-20;/h14H,5-13H2,1-4H3,(H2,16,17,18);1H. The van der Waals surface area contributed by atoms with Gasteiger partial charge >= 0.3 is 0 Å². The van der Waals surface area contributed by atoms with E-state index in [4.69, 9.17) is 0 Å². The third kappa shape index (κ3) is 9.52. The molecule has 0 bridgehead atoms. The first-order chi connectivity index (χ1) is 9.65. The van der Waals surface area contributed by atoms with E-state index in [0.717, 1.165) is 38.6 Å². The van der Waals surface area contributed by atoms with Crippen LogP contribution in [-0.2, 0) is 0 Å². The predicted molar refractivity (Wildman–Crippen MR) is 103 cm³/mol. The lowest BCUT2D eigenvalue weighted by atomic mass is 10.1.